The summed E-state index contributed by atoms with van der Waals surface area (Å²) in [6.45, 7) is 3.45. The summed E-state index contributed by atoms with van der Waals surface area (Å²) < 4.78 is 71.4. The molecule has 0 aliphatic carbocycles. The number of hydrogen-bond acceptors (Lipinski definition) is 6. The van der Waals surface area contributed by atoms with Crippen molar-refractivity contribution >= 4 is 10.0 Å². The molecule has 7 nitrogen and oxygen atoms in total. The fourth-order valence-corrected chi connectivity index (χ4v) is 4.84. The third-order valence-electron chi connectivity index (χ3n) is 5.06. The summed E-state index contributed by atoms with van der Waals surface area (Å²) in [4.78, 5) is 0.00541. The van der Waals surface area contributed by atoms with Crippen molar-refractivity contribution in [2.75, 3.05) is 20.3 Å². The summed E-state index contributed by atoms with van der Waals surface area (Å²) in [6.07, 6.45) is -3.12. The largest absolute Gasteiger partial charge is 0.416 e. The number of hydrazine groups is 1. The van der Waals surface area contributed by atoms with Crippen LogP contribution in [0.2, 0.25) is 0 Å². The Labute approximate surface area is 185 Å². The van der Waals surface area contributed by atoms with Gasteiger partial charge in [-0.3, -0.25) is 5.84 Å². The van der Waals surface area contributed by atoms with Gasteiger partial charge in [-0.25, -0.2) is 8.42 Å². The molecule has 0 aliphatic heterocycles. The highest BCUT2D eigenvalue weighted by atomic mass is 32.2. The quantitative estimate of drug-likeness (QED) is 0.382. The van der Waals surface area contributed by atoms with Gasteiger partial charge in [0.05, 0.1) is 22.6 Å². The number of hydrogen-bond donors (Lipinski definition) is 3. The zero-order valence-electron chi connectivity index (χ0n) is 18.0. The lowest BCUT2D eigenvalue weighted by molar-refractivity contribution is -0.137. The van der Waals surface area contributed by atoms with E-state index >= 15 is 0 Å². The van der Waals surface area contributed by atoms with E-state index in [-0.39, 0.29) is 23.7 Å². The Hall–Kier alpha value is -2.60. The van der Waals surface area contributed by atoms with Crippen LogP contribution in [-0.4, -0.2) is 38.5 Å². The molecule has 0 bridgehead atoms. The second-order valence-electron chi connectivity index (χ2n) is 7.49. The van der Waals surface area contributed by atoms with Gasteiger partial charge < -0.3 is 15.9 Å². The van der Waals surface area contributed by atoms with Crippen LogP contribution in [0.15, 0.2) is 65.3 Å². The van der Waals surface area contributed by atoms with Crippen molar-refractivity contribution < 1.29 is 26.3 Å². The maximum atomic E-state index is 13.4. The molecule has 2 rings (SSSR count). The molecular weight excluding hydrogens is 445 g/mol. The predicted octanol–water partition coefficient (Wildman–Crippen LogP) is 3.05. The van der Waals surface area contributed by atoms with Crippen LogP contribution in [0.25, 0.3) is 11.1 Å². The van der Waals surface area contributed by atoms with Gasteiger partial charge in [-0.05, 0) is 49.2 Å². The molecule has 11 heteroatoms. The first-order valence-corrected chi connectivity index (χ1v) is 11.0. The lowest BCUT2D eigenvalue weighted by atomic mass is 10.0. The van der Waals surface area contributed by atoms with E-state index < -0.39 is 27.3 Å². The smallest absolute Gasteiger partial charge is 0.399 e. The second kappa shape index (κ2) is 9.90. The Morgan fingerprint density at radius 3 is 2.00 bits per heavy atom. The fraction of sp³-hybridized carbons (Fsp3) is 0.333. The van der Waals surface area contributed by atoms with Crippen LogP contribution in [0.1, 0.15) is 19.4 Å². The van der Waals surface area contributed by atoms with E-state index in [2.05, 4.69) is 5.43 Å². The molecule has 176 valence electrons. The van der Waals surface area contributed by atoms with E-state index in [1.807, 2.05) is 0 Å². The minimum Gasteiger partial charge on any atom is -0.399 e. The predicted molar refractivity (Wildman–Crippen MR) is 116 cm³/mol. The first-order valence-electron chi connectivity index (χ1n) is 9.57. The molecular formula is C21H27F3N4O3S. The number of ether oxygens (including phenoxy) is 1. The Kier molecular flexibility index (Phi) is 7.94. The Morgan fingerprint density at radius 1 is 1.06 bits per heavy atom. The van der Waals surface area contributed by atoms with E-state index in [9.17, 15) is 21.6 Å². The maximum absolute atomic E-state index is 13.4. The number of rotatable bonds is 9. The van der Waals surface area contributed by atoms with E-state index in [1.165, 1.54) is 54.0 Å². The first kappa shape index (κ1) is 25.7. The fourth-order valence-electron chi connectivity index (χ4n) is 3.08. The van der Waals surface area contributed by atoms with E-state index in [1.54, 1.807) is 13.8 Å². The van der Waals surface area contributed by atoms with Crippen molar-refractivity contribution in [2.24, 2.45) is 11.6 Å². The van der Waals surface area contributed by atoms with Crippen LogP contribution in [0, 0.1) is 0 Å². The molecule has 32 heavy (non-hydrogen) atoms. The number of alkyl halides is 3. The van der Waals surface area contributed by atoms with Crippen molar-refractivity contribution in [3.8, 4) is 11.1 Å². The number of nitrogens with zero attached hydrogens (tertiary/aromatic N) is 1. The molecule has 0 fully saturated rings. The topological polar surface area (TPSA) is 111 Å². The van der Waals surface area contributed by atoms with Gasteiger partial charge in [-0.1, -0.05) is 24.3 Å². The molecule has 0 heterocycles. The molecule has 0 unspecified atom stereocenters. The van der Waals surface area contributed by atoms with Gasteiger partial charge in [0.1, 0.15) is 0 Å². The molecule has 0 aliphatic rings. The monoisotopic (exact) mass is 472 g/mol. The van der Waals surface area contributed by atoms with Crippen molar-refractivity contribution in [3.63, 3.8) is 0 Å². The second-order valence-corrected chi connectivity index (χ2v) is 9.36. The van der Waals surface area contributed by atoms with Gasteiger partial charge >= 0.3 is 6.18 Å². The van der Waals surface area contributed by atoms with Crippen LogP contribution >= 0.6 is 0 Å². The van der Waals surface area contributed by atoms with Gasteiger partial charge in [-0.15, -0.1) is 0 Å². The molecule has 0 atom stereocenters. The number of nitrogens with two attached hydrogens (primary N) is 2. The molecule has 0 saturated carbocycles. The SMILES string of the molecule is COCCN(C(C)(C)/C(N)=C/NN)S(=O)(=O)c1ccc(-c2ccc(C(F)(F)F)cc2)cc1. The molecule has 0 spiro atoms. The summed E-state index contributed by atoms with van der Waals surface area (Å²) in [5, 5.41) is 0. The summed E-state index contributed by atoms with van der Waals surface area (Å²) in [7, 11) is -2.55. The number of benzene rings is 2. The zero-order valence-corrected chi connectivity index (χ0v) is 18.8. The number of sulfonamides is 1. The molecule has 0 radical (unpaired) electrons. The zero-order chi connectivity index (χ0) is 24.2. The third kappa shape index (κ3) is 5.60. The van der Waals surface area contributed by atoms with Crippen molar-refractivity contribution in [3.05, 3.63) is 66.0 Å². The van der Waals surface area contributed by atoms with Gasteiger partial charge in [0.2, 0.25) is 10.0 Å². The number of halogens is 3. The lowest BCUT2D eigenvalue weighted by Gasteiger charge is -2.37. The molecule has 2 aromatic rings. The summed E-state index contributed by atoms with van der Waals surface area (Å²) in [5.41, 5.74) is 7.76. The molecule has 2 aromatic carbocycles. The maximum Gasteiger partial charge on any atom is 0.416 e. The number of methoxy groups -OCH3 is 1. The van der Waals surface area contributed by atoms with Crippen molar-refractivity contribution in [1.29, 1.82) is 0 Å². The van der Waals surface area contributed by atoms with Crippen LogP contribution in [0.5, 0.6) is 0 Å². The standard InChI is InChI=1S/C21H27F3N4O3S/c1-20(2,19(25)14-27-26)28(12-13-31-3)32(29,30)18-10-6-16(7-11-18)15-4-8-17(9-5-15)21(22,23)24/h4-11,14,27H,12-13,25-26H2,1-3H3/b19-14-. The Balaban J connectivity index is 2.40. The Morgan fingerprint density at radius 2 is 1.56 bits per heavy atom. The highest BCUT2D eigenvalue weighted by Gasteiger charge is 2.39. The summed E-state index contributed by atoms with van der Waals surface area (Å²) >= 11 is 0. The minimum atomic E-state index is -4.43. The van der Waals surface area contributed by atoms with E-state index in [4.69, 9.17) is 16.3 Å². The van der Waals surface area contributed by atoms with Crippen molar-refractivity contribution in [1.82, 2.24) is 9.73 Å². The summed E-state index contributed by atoms with van der Waals surface area (Å²) in [5.74, 6) is 5.29. The van der Waals surface area contributed by atoms with Crippen LogP contribution < -0.4 is 17.0 Å². The molecule has 5 N–H and O–H groups in total. The van der Waals surface area contributed by atoms with Gasteiger partial charge in [0.25, 0.3) is 0 Å². The van der Waals surface area contributed by atoms with Gasteiger partial charge in [-0.2, -0.15) is 17.5 Å². The van der Waals surface area contributed by atoms with Crippen LogP contribution in [0.4, 0.5) is 13.2 Å². The first-order chi connectivity index (χ1) is 14.9. The average Bonchev–Trinajstić information content (AvgIpc) is 2.73. The average molecular weight is 473 g/mol. The van der Waals surface area contributed by atoms with Crippen LogP contribution in [-0.2, 0) is 20.9 Å². The molecule has 0 amide bonds. The molecule has 0 saturated heterocycles. The van der Waals surface area contributed by atoms with Crippen molar-refractivity contribution in [2.45, 2.75) is 30.5 Å². The number of nitrogens with one attached hydrogen (secondary N) is 1. The Bertz CT molecular complexity index is 1040. The van der Waals surface area contributed by atoms with E-state index in [0.29, 0.717) is 11.1 Å². The highest BCUT2D eigenvalue weighted by molar-refractivity contribution is 7.89. The van der Waals surface area contributed by atoms with Gasteiger partial charge in [0.15, 0.2) is 0 Å². The minimum absolute atomic E-state index is 0.00541. The third-order valence-corrected chi connectivity index (χ3v) is 7.14. The van der Waals surface area contributed by atoms with Crippen LogP contribution in [0.3, 0.4) is 0 Å². The molecule has 0 aromatic heterocycles. The highest BCUT2D eigenvalue weighted by Crippen LogP contribution is 2.32. The van der Waals surface area contributed by atoms with Gasteiger partial charge in [0, 0.05) is 25.6 Å². The summed E-state index contributed by atoms with van der Waals surface area (Å²) in [6, 6.07) is 10.5. The van der Waals surface area contributed by atoms with E-state index in [0.717, 1.165) is 12.1 Å². The normalized spacial score (nSPS) is 13.4. The lowest BCUT2D eigenvalue weighted by Crippen LogP contribution is -2.52.